The lowest BCUT2D eigenvalue weighted by atomic mass is 10.6. The van der Waals surface area contributed by atoms with E-state index in [4.69, 9.17) is 5.11 Å². The Labute approximate surface area is 63.5 Å². The summed E-state index contributed by atoms with van der Waals surface area (Å²) in [4.78, 5) is 20.2. The van der Waals surface area contributed by atoms with E-state index < -0.39 is 11.9 Å². The van der Waals surface area contributed by atoms with Crippen LogP contribution in [0, 0.1) is 11.8 Å². The van der Waals surface area contributed by atoms with Gasteiger partial charge in [0.25, 0.3) is 0 Å². The molecule has 0 rings (SSSR count). The average molecular weight is 154 g/mol. The normalized spacial score (nSPS) is 7.27. The van der Waals surface area contributed by atoms with Crippen molar-refractivity contribution in [1.82, 2.24) is 0 Å². The summed E-state index contributed by atoms with van der Waals surface area (Å²) in [6.45, 7) is 3.32. The molecule has 11 heavy (non-hydrogen) atoms. The van der Waals surface area contributed by atoms with Crippen LogP contribution in [0.25, 0.3) is 0 Å². The van der Waals surface area contributed by atoms with Crippen molar-refractivity contribution >= 4 is 11.9 Å². The van der Waals surface area contributed by atoms with Crippen molar-refractivity contribution < 1.29 is 19.4 Å². The minimum Gasteiger partial charge on any atom is -0.472 e. The maximum atomic E-state index is 10.4. The third-order valence-corrected chi connectivity index (χ3v) is 0.604. The van der Waals surface area contributed by atoms with E-state index in [1.54, 1.807) is 11.8 Å². The molecule has 0 aliphatic carbocycles. The molecule has 0 bridgehead atoms. The summed E-state index contributed by atoms with van der Waals surface area (Å²) in [5.41, 5.74) is 0. The van der Waals surface area contributed by atoms with Gasteiger partial charge in [-0.05, 0) is 0 Å². The van der Waals surface area contributed by atoms with Crippen LogP contribution in [0.4, 0.5) is 0 Å². The maximum Gasteiger partial charge on any atom is 0.385 e. The molecule has 0 aromatic rings. The van der Waals surface area contributed by atoms with E-state index >= 15 is 0 Å². The van der Waals surface area contributed by atoms with Crippen molar-refractivity contribution in [2.45, 2.75) is 0 Å². The van der Waals surface area contributed by atoms with Gasteiger partial charge >= 0.3 is 11.9 Å². The van der Waals surface area contributed by atoms with E-state index in [1.165, 1.54) is 6.08 Å². The van der Waals surface area contributed by atoms with Gasteiger partial charge in [-0.25, -0.2) is 9.59 Å². The lowest BCUT2D eigenvalue weighted by Crippen LogP contribution is -2.01. The highest BCUT2D eigenvalue weighted by Gasteiger charge is 1.93. The van der Waals surface area contributed by atoms with Crippen LogP contribution >= 0.6 is 0 Å². The first-order valence-electron chi connectivity index (χ1n) is 2.69. The van der Waals surface area contributed by atoms with Crippen LogP contribution in [0.5, 0.6) is 0 Å². The van der Waals surface area contributed by atoms with Gasteiger partial charge in [0.2, 0.25) is 0 Å². The average Bonchev–Trinajstić information content (AvgIpc) is 1.97. The van der Waals surface area contributed by atoms with Crippen LogP contribution in [0.15, 0.2) is 12.7 Å². The SMILES string of the molecule is C=CCOC(=O)C#CC(=O)O. The predicted molar refractivity (Wildman–Crippen MR) is 36.6 cm³/mol. The van der Waals surface area contributed by atoms with Crippen LogP contribution < -0.4 is 0 Å². The Kier molecular flexibility index (Phi) is 4.25. The third-order valence-electron chi connectivity index (χ3n) is 0.604. The molecule has 0 spiro atoms. The Morgan fingerprint density at radius 2 is 2.18 bits per heavy atom. The van der Waals surface area contributed by atoms with Gasteiger partial charge < -0.3 is 9.84 Å². The lowest BCUT2D eigenvalue weighted by Gasteiger charge is -1.90. The molecular formula is C7H6O4. The first-order valence-corrected chi connectivity index (χ1v) is 2.69. The third kappa shape index (κ3) is 6.12. The Hall–Kier alpha value is -1.76. The number of carboxylic acids is 1. The van der Waals surface area contributed by atoms with Crippen LogP contribution in [-0.2, 0) is 14.3 Å². The first-order chi connectivity index (χ1) is 5.16. The molecule has 4 heteroatoms. The molecule has 0 saturated heterocycles. The zero-order valence-electron chi connectivity index (χ0n) is 5.66. The van der Waals surface area contributed by atoms with E-state index in [9.17, 15) is 9.59 Å². The molecule has 0 atom stereocenters. The second-order valence-corrected chi connectivity index (χ2v) is 1.44. The number of carbonyl (C=O) groups excluding carboxylic acids is 1. The van der Waals surface area contributed by atoms with Gasteiger partial charge in [-0.15, -0.1) is 0 Å². The van der Waals surface area contributed by atoms with E-state index in [2.05, 4.69) is 11.3 Å². The van der Waals surface area contributed by atoms with Crippen molar-refractivity contribution in [3.63, 3.8) is 0 Å². The highest BCUT2D eigenvalue weighted by molar-refractivity contribution is 5.97. The molecule has 1 N–H and O–H groups in total. The summed E-state index contributed by atoms with van der Waals surface area (Å²) in [6.07, 6.45) is 1.36. The molecule has 0 aromatic carbocycles. The molecule has 0 amide bonds. The molecule has 0 saturated carbocycles. The number of carboxylic acid groups (broad SMARTS) is 1. The van der Waals surface area contributed by atoms with Crippen molar-refractivity contribution in [2.24, 2.45) is 0 Å². The second kappa shape index (κ2) is 5.06. The molecule has 0 aliphatic heterocycles. The van der Waals surface area contributed by atoms with Crippen molar-refractivity contribution in [3.05, 3.63) is 12.7 Å². The highest BCUT2D eigenvalue weighted by Crippen LogP contribution is 1.75. The van der Waals surface area contributed by atoms with E-state index in [-0.39, 0.29) is 6.61 Å². The second-order valence-electron chi connectivity index (χ2n) is 1.44. The summed E-state index contributed by atoms with van der Waals surface area (Å²) < 4.78 is 4.35. The molecule has 0 heterocycles. The topological polar surface area (TPSA) is 63.6 Å². The summed E-state index contributed by atoms with van der Waals surface area (Å²) >= 11 is 0. The minimum atomic E-state index is -1.36. The van der Waals surface area contributed by atoms with E-state index in [0.29, 0.717) is 0 Å². The van der Waals surface area contributed by atoms with E-state index in [0.717, 1.165) is 0 Å². The molecule has 0 unspecified atom stereocenters. The molecule has 0 aromatic heterocycles. The lowest BCUT2D eigenvalue weighted by molar-refractivity contribution is -0.136. The molecule has 58 valence electrons. The zero-order chi connectivity index (χ0) is 8.69. The van der Waals surface area contributed by atoms with Gasteiger partial charge in [-0.2, -0.15) is 0 Å². The number of hydrogen-bond acceptors (Lipinski definition) is 3. The molecule has 0 fully saturated rings. The van der Waals surface area contributed by atoms with Gasteiger partial charge in [-0.1, -0.05) is 12.7 Å². The molecule has 0 radical (unpaired) electrons. The predicted octanol–water partition coefficient (Wildman–Crippen LogP) is -0.196. The highest BCUT2D eigenvalue weighted by atomic mass is 16.5. The number of hydrogen-bond donors (Lipinski definition) is 1. The number of aliphatic carboxylic acids is 1. The Morgan fingerprint density at radius 1 is 1.55 bits per heavy atom. The van der Waals surface area contributed by atoms with Crippen LogP contribution in [0.1, 0.15) is 0 Å². The van der Waals surface area contributed by atoms with Gasteiger partial charge in [0, 0.05) is 11.8 Å². The fourth-order valence-electron chi connectivity index (χ4n) is 0.275. The Morgan fingerprint density at radius 3 is 2.64 bits per heavy atom. The fourth-order valence-corrected chi connectivity index (χ4v) is 0.275. The van der Waals surface area contributed by atoms with Crippen LogP contribution in [-0.4, -0.2) is 23.7 Å². The summed E-state index contributed by atoms with van der Waals surface area (Å²) in [5, 5.41) is 7.99. The number of ether oxygens (including phenoxy) is 1. The summed E-state index contributed by atoms with van der Waals surface area (Å²) in [6, 6.07) is 0. The Balaban J connectivity index is 3.80. The van der Waals surface area contributed by atoms with Crippen molar-refractivity contribution in [2.75, 3.05) is 6.61 Å². The van der Waals surface area contributed by atoms with Crippen LogP contribution in [0.2, 0.25) is 0 Å². The van der Waals surface area contributed by atoms with E-state index in [1.807, 2.05) is 0 Å². The van der Waals surface area contributed by atoms with Crippen molar-refractivity contribution in [3.8, 4) is 11.8 Å². The number of rotatable bonds is 2. The van der Waals surface area contributed by atoms with Gasteiger partial charge in [0.15, 0.2) is 0 Å². The van der Waals surface area contributed by atoms with Gasteiger partial charge in [0.1, 0.15) is 6.61 Å². The zero-order valence-corrected chi connectivity index (χ0v) is 5.66. The number of carbonyl (C=O) groups is 2. The minimum absolute atomic E-state index is 0.0349. The fraction of sp³-hybridized carbons (Fsp3) is 0.143. The molecular weight excluding hydrogens is 148 g/mol. The largest absolute Gasteiger partial charge is 0.472 e. The Bertz CT molecular complexity index is 231. The smallest absolute Gasteiger partial charge is 0.385 e. The molecule has 4 nitrogen and oxygen atoms in total. The summed E-state index contributed by atoms with van der Waals surface area (Å²) in [7, 11) is 0. The van der Waals surface area contributed by atoms with Gasteiger partial charge in [0.05, 0.1) is 0 Å². The summed E-state index contributed by atoms with van der Waals surface area (Å²) in [5.74, 6) is 1.14. The van der Waals surface area contributed by atoms with Crippen LogP contribution in [0.3, 0.4) is 0 Å². The number of esters is 1. The first kappa shape index (κ1) is 9.24. The standard InChI is InChI=1S/C7H6O4/c1-2-5-11-7(10)4-3-6(8)9/h2H,1,5H2,(H,8,9). The monoisotopic (exact) mass is 154 g/mol. The molecule has 0 aliphatic rings. The maximum absolute atomic E-state index is 10.4. The quantitative estimate of drug-likeness (QED) is 0.259. The van der Waals surface area contributed by atoms with Crippen molar-refractivity contribution in [1.29, 1.82) is 0 Å². The van der Waals surface area contributed by atoms with Gasteiger partial charge in [-0.3, -0.25) is 0 Å².